The van der Waals surface area contributed by atoms with Gasteiger partial charge in [-0.1, -0.05) is 47.8 Å². The number of likely N-dealkylation sites (tertiary alicyclic amines) is 1. The van der Waals surface area contributed by atoms with E-state index >= 15 is 0 Å². The Hall–Kier alpha value is -2.26. The van der Waals surface area contributed by atoms with Crippen molar-refractivity contribution < 1.29 is 4.79 Å². The summed E-state index contributed by atoms with van der Waals surface area (Å²) in [7, 11) is 0. The molecule has 1 atom stereocenters. The lowest BCUT2D eigenvalue weighted by Crippen LogP contribution is -2.52. The summed E-state index contributed by atoms with van der Waals surface area (Å²) in [5, 5.41) is 12.4. The molecule has 2 fully saturated rings. The molecule has 1 aliphatic heterocycles. The highest BCUT2D eigenvalue weighted by Crippen LogP contribution is 2.47. The molecule has 3 N–H and O–H groups in total. The van der Waals surface area contributed by atoms with Crippen LogP contribution in [0.15, 0.2) is 47.3 Å². The Bertz CT molecular complexity index is 822. The van der Waals surface area contributed by atoms with Crippen LogP contribution in [0, 0.1) is 17.2 Å². The van der Waals surface area contributed by atoms with Gasteiger partial charge in [0.25, 0.3) is 5.91 Å². The molecular weight excluding hydrogens is 416 g/mol. The molecule has 1 aromatic rings. The molecule has 1 aliphatic carbocycles. The van der Waals surface area contributed by atoms with Crippen LogP contribution >= 0.6 is 15.9 Å². The van der Waals surface area contributed by atoms with E-state index in [9.17, 15) is 10.1 Å². The molecule has 5 nitrogen and oxygen atoms in total. The summed E-state index contributed by atoms with van der Waals surface area (Å²) in [6.07, 6.45) is 10.6. The standard InChI is InChI=1S/C22H27BrN4O/c1-2-27-18(14-25)10-11-22(27,19-9-8-17(13-24)12-20(19)23)21(28)26-15-16-6-4-3-5-7-16/h2,8-9,12,14,16H,1,3-7,10-11,15,25H2,(H,26,28)/b18-14-. The van der Waals surface area contributed by atoms with Crippen LogP contribution in [0.25, 0.3) is 0 Å². The number of amides is 1. The normalized spacial score (nSPS) is 24.1. The number of nitrogens with zero attached hydrogens (tertiary/aromatic N) is 2. The number of hydrogen-bond donors (Lipinski definition) is 2. The Labute approximate surface area is 175 Å². The van der Waals surface area contributed by atoms with Gasteiger partial charge in [0.2, 0.25) is 0 Å². The predicted molar refractivity (Wildman–Crippen MR) is 114 cm³/mol. The van der Waals surface area contributed by atoms with E-state index in [1.165, 1.54) is 32.1 Å². The van der Waals surface area contributed by atoms with Crippen molar-refractivity contribution in [3.63, 3.8) is 0 Å². The van der Waals surface area contributed by atoms with E-state index in [4.69, 9.17) is 5.73 Å². The molecule has 2 aliphatic rings. The van der Waals surface area contributed by atoms with Gasteiger partial charge in [0.15, 0.2) is 0 Å². The zero-order valence-corrected chi connectivity index (χ0v) is 17.7. The molecule has 1 unspecified atom stereocenters. The first-order valence-corrected chi connectivity index (χ1v) is 10.7. The maximum atomic E-state index is 13.6. The largest absolute Gasteiger partial charge is 0.403 e. The summed E-state index contributed by atoms with van der Waals surface area (Å²) < 4.78 is 0.740. The number of nitriles is 1. The summed E-state index contributed by atoms with van der Waals surface area (Å²) >= 11 is 3.58. The second kappa shape index (κ2) is 8.83. The van der Waals surface area contributed by atoms with Gasteiger partial charge in [0.05, 0.1) is 11.6 Å². The van der Waals surface area contributed by atoms with Crippen molar-refractivity contribution in [3.8, 4) is 6.07 Å². The number of benzene rings is 1. The number of allylic oxidation sites excluding steroid dienone is 1. The molecule has 0 aromatic heterocycles. The Balaban J connectivity index is 1.97. The van der Waals surface area contributed by atoms with Gasteiger partial charge < -0.3 is 16.0 Å². The fourth-order valence-electron chi connectivity index (χ4n) is 4.54. The maximum absolute atomic E-state index is 13.6. The maximum Gasteiger partial charge on any atom is 0.250 e. The van der Waals surface area contributed by atoms with E-state index in [0.29, 0.717) is 30.9 Å². The van der Waals surface area contributed by atoms with E-state index < -0.39 is 5.54 Å². The highest BCUT2D eigenvalue weighted by atomic mass is 79.9. The van der Waals surface area contributed by atoms with Gasteiger partial charge in [-0.2, -0.15) is 5.26 Å². The first-order chi connectivity index (χ1) is 13.6. The Morgan fingerprint density at radius 3 is 2.79 bits per heavy atom. The van der Waals surface area contributed by atoms with E-state index in [-0.39, 0.29) is 5.91 Å². The number of carbonyl (C=O) groups excluding carboxylic acids is 1. The third kappa shape index (κ3) is 3.68. The van der Waals surface area contributed by atoms with Crippen molar-refractivity contribution in [1.29, 1.82) is 5.26 Å². The summed E-state index contributed by atoms with van der Waals surface area (Å²) in [4.78, 5) is 15.5. The van der Waals surface area contributed by atoms with Gasteiger partial charge in [-0.25, -0.2) is 0 Å². The first kappa shape index (κ1) is 20.5. The summed E-state index contributed by atoms with van der Waals surface area (Å²) in [5.74, 6) is 0.502. The molecule has 1 aromatic carbocycles. The topological polar surface area (TPSA) is 82.2 Å². The SMILES string of the molecule is C=CN1/C(=C\N)CCC1(C(=O)NCC1CCCCC1)c1ccc(C#N)cc1Br. The van der Waals surface area contributed by atoms with Crippen LogP contribution in [0.3, 0.4) is 0 Å². The van der Waals surface area contributed by atoms with E-state index in [2.05, 4.69) is 33.9 Å². The lowest BCUT2D eigenvalue weighted by atomic mass is 9.85. The minimum absolute atomic E-state index is 0.0415. The molecule has 1 saturated carbocycles. The average molecular weight is 443 g/mol. The van der Waals surface area contributed by atoms with Gasteiger partial charge >= 0.3 is 0 Å². The highest BCUT2D eigenvalue weighted by Gasteiger charge is 2.50. The van der Waals surface area contributed by atoms with Gasteiger partial charge in [0, 0.05) is 28.5 Å². The minimum atomic E-state index is -0.922. The molecule has 148 valence electrons. The van der Waals surface area contributed by atoms with Crippen LogP contribution in [0.1, 0.15) is 56.1 Å². The van der Waals surface area contributed by atoms with Crippen molar-refractivity contribution in [2.45, 2.75) is 50.5 Å². The number of nitrogens with two attached hydrogens (primary N) is 1. The summed E-state index contributed by atoms with van der Waals surface area (Å²) in [6, 6.07) is 7.52. The second-order valence-electron chi connectivity index (χ2n) is 7.59. The van der Waals surface area contributed by atoms with Gasteiger partial charge in [-0.15, -0.1) is 0 Å². The fraction of sp³-hybridized carbons (Fsp3) is 0.455. The van der Waals surface area contributed by atoms with E-state index in [1.807, 2.05) is 11.0 Å². The molecule has 0 radical (unpaired) electrons. The predicted octanol–water partition coefficient (Wildman–Crippen LogP) is 4.25. The second-order valence-corrected chi connectivity index (χ2v) is 8.45. The third-order valence-corrected chi connectivity index (χ3v) is 6.69. The van der Waals surface area contributed by atoms with Crippen molar-refractivity contribution in [3.05, 3.63) is 58.5 Å². The molecule has 3 rings (SSSR count). The lowest BCUT2D eigenvalue weighted by Gasteiger charge is -2.38. The van der Waals surface area contributed by atoms with Gasteiger partial charge in [-0.3, -0.25) is 4.79 Å². The highest BCUT2D eigenvalue weighted by molar-refractivity contribution is 9.10. The molecule has 1 saturated heterocycles. The summed E-state index contributed by atoms with van der Waals surface area (Å²) in [6.45, 7) is 4.63. The number of carbonyl (C=O) groups is 1. The molecule has 1 heterocycles. The molecule has 28 heavy (non-hydrogen) atoms. The first-order valence-electron chi connectivity index (χ1n) is 9.88. The number of nitrogens with one attached hydrogen (secondary N) is 1. The van der Waals surface area contributed by atoms with Crippen LogP contribution in [0.2, 0.25) is 0 Å². The molecular formula is C22H27BrN4O. The molecule has 0 spiro atoms. The molecule has 6 heteroatoms. The van der Waals surface area contributed by atoms with Crippen LogP contribution in [0.5, 0.6) is 0 Å². The Kier molecular flexibility index (Phi) is 6.46. The fourth-order valence-corrected chi connectivity index (χ4v) is 5.24. The van der Waals surface area contributed by atoms with Crippen molar-refractivity contribution >= 4 is 21.8 Å². The lowest BCUT2D eigenvalue weighted by molar-refractivity contribution is -0.131. The van der Waals surface area contributed by atoms with Crippen LogP contribution in [0.4, 0.5) is 0 Å². The minimum Gasteiger partial charge on any atom is -0.403 e. The van der Waals surface area contributed by atoms with Crippen LogP contribution in [-0.2, 0) is 10.3 Å². The Morgan fingerprint density at radius 1 is 1.43 bits per heavy atom. The van der Waals surface area contributed by atoms with Gasteiger partial charge in [0.1, 0.15) is 5.54 Å². The third-order valence-electron chi connectivity index (χ3n) is 6.03. The van der Waals surface area contributed by atoms with Crippen molar-refractivity contribution in [2.24, 2.45) is 11.7 Å². The average Bonchev–Trinajstić information content (AvgIpc) is 3.11. The van der Waals surface area contributed by atoms with E-state index in [0.717, 1.165) is 15.7 Å². The quantitative estimate of drug-likeness (QED) is 0.713. The number of halogens is 1. The Morgan fingerprint density at radius 2 is 2.18 bits per heavy atom. The number of hydrogen-bond acceptors (Lipinski definition) is 4. The zero-order valence-electron chi connectivity index (χ0n) is 16.1. The smallest absolute Gasteiger partial charge is 0.250 e. The van der Waals surface area contributed by atoms with Crippen molar-refractivity contribution in [2.75, 3.05) is 6.54 Å². The van der Waals surface area contributed by atoms with Crippen LogP contribution in [-0.4, -0.2) is 17.4 Å². The van der Waals surface area contributed by atoms with Crippen molar-refractivity contribution in [1.82, 2.24) is 10.2 Å². The van der Waals surface area contributed by atoms with Gasteiger partial charge in [-0.05, 0) is 49.9 Å². The molecule has 0 bridgehead atoms. The number of rotatable bonds is 5. The monoisotopic (exact) mass is 442 g/mol. The zero-order chi connectivity index (χ0) is 20.1. The summed E-state index contributed by atoms with van der Waals surface area (Å²) in [5.41, 5.74) is 7.16. The molecule has 1 amide bonds. The van der Waals surface area contributed by atoms with E-state index in [1.54, 1.807) is 24.5 Å². The van der Waals surface area contributed by atoms with Crippen LogP contribution < -0.4 is 11.1 Å².